The molecular formula is C25H26ClN3O6. The predicted octanol–water partition coefficient (Wildman–Crippen LogP) is 3.31. The zero-order chi connectivity index (χ0) is 24.5. The fourth-order valence-corrected chi connectivity index (χ4v) is 4.99. The molecule has 0 radical (unpaired) electrons. The average Bonchev–Trinajstić information content (AvgIpc) is 3.49. The summed E-state index contributed by atoms with van der Waals surface area (Å²) in [6.45, 7) is 1.40. The number of halogens is 1. The molecule has 0 unspecified atom stereocenters. The van der Waals surface area contributed by atoms with E-state index in [0.717, 1.165) is 0 Å². The number of hydrogen-bond donors (Lipinski definition) is 1. The van der Waals surface area contributed by atoms with E-state index in [-0.39, 0.29) is 43.4 Å². The molecule has 0 aromatic heterocycles. The Hall–Kier alpha value is -3.46. The predicted molar refractivity (Wildman–Crippen MR) is 129 cm³/mol. The first-order chi connectivity index (χ1) is 16.9. The van der Waals surface area contributed by atoms with Crippen LogP contribution in [-0.4, -0.2) is 56.2 Å². The van der Waals surface area contributed by atoms with Crippen molar-refractivity contribution < 1.29 is 28.6 Å². The molecule has 3 amide bonds. The molecule has 9 nitrogen and oxygen atoms in total. The normalized spacial score (nSPS) is 19.7. The summed E-state index contributed by atoms with van der Waals surface area (Å²) in [6.07, 6.45) is 1.27. The van der Waals surface area contributed by atoms with E-state index in [9.17, 15) is 14.4 Å². The molecule has 5 rings (SSSR count). The first-order valence-corrected chi connectivity index (χ1v) is 11.9. The second-order valence-electron chi connectivity index (χ2n) is 8.88. The number of hydrogen-bond acceptors (Lipinski definition) is 6. The van der Waals surface area contributed by atoms with Gasteiger partial charge < -0.3 is 29.3 Å². The minimum Gasteiger partial charge on any atom is -0.495 e. The van der Waals surface area contributed by atoms with Gasteiger partial charge in [0.1, 0.15) is 5.75 Å². The van der Waals surface area contributed by atoms with Gasteiger partial charge in [-0.2, -0.15) is 0 Å². The summed E-state index contributed by atoms with van der Waals surface area (Å²) >= 11 is 6.12. The van der Waals surface area contributed by atoms with Crippen LogP contribution >= 0.6 is 11.6 Å². The Morgan fingerprint density at radius 2 is 1.83 bits per heavy atom. The fourth-order valence-electron chi connectivity index (χ4n) is 4.82. The zero-order valence-corrected chi connectivity index (χ0v) is 20.0. The van der Waals surface area contributed by atoms with Gasteiger partial charge in [-0.1, -0.05) is 11.6 Å². The van der Waals surface area contributed by atoms with Crippen molar-refractivity contribution in [2.24, 2.45) is 11.8 Å². The summed E-state index contributed by atoms with van der Waals surface area (Å²) in [7, 11) is 1.53. The van der Waals surface area contributed by atoms with Crippen LogP contribution in [0.1, 0.15) is 19.3 Å². The SMILES string of the molecule is COc1ccc(Cl)cc1N1C[C@H](C(=O)N2CCC(C(=O)Nc3ccc4c(c3)OCO4)CC2)CC1=O. The monoisotopic (exact) mass is 499 g/mol. The van der Waals surface area contributed by atoms with Crippen molar-refractivity contribution in [3.63, 3.8) is 0 Å². The molecule has 2 aromatic rings. The number of anilines is 2. The highest BCUT2D eigenvalue weighted by atomic mass is 35.5. The maximum atomic E-state index is 13.2. The van der Waals surface area contributed by atoms with Gasteiger partial charge in [0, 0.05) is 48.7 Å². The Morgan fingerprint density at radius 1 is 1.06 bits per heavy atom. The van der Waals surface area contributed by atoms with Gasteiger partial charge in [0.25, 0.3) is 0 Å². The maximum Gasteiger partial charge on any atom is 0.231 e. The van der Waals surface area contributed by atoms with Crippen LogP contribution < -0.4 is 24.4 Å². The summed E-state index contributed by atoms with van der Waals surface area (Å²) in [6, 6.07) is 10.4. The molecular weight excluding hydrogens is 474 g/mol. The van der Waals surface area contributed by atoms with Crippen LogP contribution in [0, 0.1) is 11.8 Å². The molecule has 0 saturated carbocycles. The minimum atomic E-state index is -0.440. The van der Waals surface area contributed by atoms with E-state index in [0.29, 0.717) is 59.6 Å². The number of methoxy groups -OCH3 is 1. The molecule has 184 valence electrons. The van der Waals surface area contributed by atoms with Crippen molar-refractivity contribution in [3.05, 3.63) is 41.4 Å². The number of ether oxygens (including phenoxy) is 3. The Labute approximate surface area is 207 Å². The lowest BCUT2D eigenvalue weighted by Crippen LogP contribution is -2.44. The van der Waals surface area contributed by atoms with Crippen LogP contribution in [0.4, 0.5) is 11.4 Å². The molecule has 0 aliphatic carbocycles. The molecule has 1 atom stereocenters. The van der Waals surface area contributed by atoms with Crippen molar-refractivity contribution >= 4 is 40.7 Å². The fraction of sp³-hybridized carbons (Fsp3) is 0.400. The molecule has 0 spiro atoms. The van der Waals surface area contributed by atoms with Crippen LogP contribution in [0.5, 0.6) is 17.2 Å². The van der Waals surface area contributed by atoms with Crippen molar-refractivity contribution in [1.82, 2.24) is 4.90 Å². The van der Waals surface area contributed by atoms with Gasteiger partial charge in [0.2, 0.25) is 24.5 Å². The summed E-state index contributed by atoms with van der Waals surface area (Å²) in [5.74, 6) is 0.896. The van der Waals surface area contributed by atoms with E-state index in [1.54, 1.807) is 46.2 Å². The van der Waals surface area contributed by atoms with Crippen LogP contribution in [0.15, 0.2) is 36.4 Å². The minimum absolute atomic E-state index is 0.0588. The summed E-state index contributed by atoms with van der Waals surface area (Å²) in [4.78, 5) is 42.0. The molecule has 10 heteroatoms. The number of nitrogens with one attached hydrogen (secondary N) is 1. The van der Waals surface area contributed by atoms with E-state index in [1.165, 1.54) is 7.11 Å². The van der Waals surface area contributed by atoms with Crippen LogP contribution in [0.2, 0.25) is 5.02 Å². The quantitative estimate of drug-likeness (QED) is 0.678. The second-order valence-corrected chi connectivity index (χ2v) is 9.31. The molecule has 2 aromatic carbocycles. The number of carbonyl (C=O) groups excluding carboxylic acids is 3. The highest BCUT2D eigenvalue weighted by Crippen LogP contribution is 2.37. The summed E-state index contributed by atoms with van der Waals surface area (Å²) in [5, 5.41) is 3.42. The van der Waals surface area contributed by atoms with Gasteiger partial charge in [-0.25, -0.2) is 0 Å². The first kappa shape index (κ1) is 23.3. The Bertz CT molecular complexity index is 1160. The lowest BCUT2D eigenvalue weighted by molar-refractivity contribution is -0.138. The molecule has 3 aliphatic rings. The van der Waals surface area contributed by atoms with Gasteiger partial charge in [-0.3, -0.25) is 14.4 Å². The van der Waals surface area contributed by atoms with Gasteiger partial charge in [-0.15, -0.1) is 0 Å². The lowest BCUT2D eigenvalue weighted by Gasteiger charge is -2.33. The Balaban J connectivity index is 1.16. The van der Waals surface area contributed by atoms with Crippen molar-refractivity contribution in [2.45, 2.75) is 19.3 Å². The van der Waals surface area contributed by atoms with Crippen molar-refractivity contribution in [3.8, 4) is 17.2 Å². The number of amides is 3. The van der Waals surface area contributed by atoms with Crippen molar-refractivity contribution in [2.75, 3.05) is 43.8 Å². The number of rotatable bonds is 5. The standard InChI is InChI=1S/C25H26ClN3O6/c1-33-20-4-2-17(26)11-19(20)29-13-16(10-23(29)30)25(32)28-8-6-15(7-9-28)24(31)27-18-3-5-21-22(12-18)35-14-34-21/h2-5,11-12,15-16H,6-10,13-14H2,1H3,(H,27,31)/t16-/m1/s1. The first-order valence-electron chi connectivity index (χ1n) is 11.6. The molecule has 2 saturated heterocycles. The van der Waals surface area contributed by atoms with Crippen LogP contribution in [-0.2, 0) is 14.4 Å². The Morgan fingerprint density at radius 3 is 2.60 bits per heavy atom. The molecule has 0 bridgehead atoms. The number of likely N-dealkylation sites (tertiary alicyclic amines) is 1. The summed E-state index contributed by atoms with van der Waals surface area (Å²) < 4.78 is 16.0. The van der Waals surface area contributed by atoms with Crippen LogP contribution in [0.3, 0.4) is 0 Å². The van der Waals surface area contributed by atoms with E-state index in [2.05, 4.69) is 5.32 Å². The number of piperidine rings is 1. The molecule has 1 N–H and O–H groups in total. The number of carbonyl (C=O) groups is 3. The second kappa shape index (κ2) is 9.65. The molecule has 35 heavy (non-hydrogen) atoms. The lowest BCUT2D eigenvalue weighted by atomic mass is 9.94. The number of nitrogens with zero attached hydrogens (tertiary/aromatic N) is 2. The third-order valence-electron chi connectivity index (χ3n) is 6.72. The van der Waals surface area contributed by atoms with Crippen molar-refractivity contribution in [1.29, 1.82) is 0 Å². The summed E-state index contributed by atoms with van der Waals surface area (Å²) in [5.41, 5.74) is 1.22. The van der Waals surface area contributed by atoms with Crippen LogP contribution in [0.25, 0.3) is 0 Å². The largest absolute Gasteiger partial charge is 0.495 e. The third-order valence-corrected chi connectivity index (χ3v) is 6.96. The average molecular weight is 500 g/mol. The molecule has 3 aliphatic heterocycles. The number of benzene rings is 2. The molecule has 3 heterocycles. The Kier molecular flexibility index (Phi) is 6.42. The van der Waals surface area contributed by atoms with Gasteiger partial charge in [-0.05, 0) is 43.2 Å². The van der Waals surface area contributed by atoms with Gasteiger partial charge >= 0.3 is 0 Å². The topological polar surface area (TPSA) is 97.4 Å². The molecule has 2 fully saturated rings. The van der Waals surface area contributed by atoms with Gasteiger partial charge in [0.05, 0.1) is 18.7 Å². The van der Waals surface area contributed by atoms with E-state index in [1.807, 2.05) is 0 Å². The smallest absolute Gasteiger partial charge is 0.231 e. The third kappa shape index (κ3) is 4.73. The van der Waals surface area contributed by atoms with E-state index in [4.69, 9.17) is 25.8 Å². The van der Waals surface area contributed by atoms with E-state index < -0.39 is 5.92 Å². The highest BCUT2D eigenvalue weighted by molar-refractivity contribution is 6.31. The van der Waals surface area contributed by atoms with E-state index >= 15 is 0 Å². The highest BCUT2D eigenvalue weighted by Gasteiger charge is 2.39. The zero-order valence-electron chi connectivity index (χ0n) is 19.3. The maximum absolute atomic E-state index is 13.2. The van der Waals surface area contributed by atoms with Gasteiger partial charge in [0.15, 0.2) is 11.5 Å². The number of fused-ring (bicyclic) bond motifs is 1.